The quantitative estimate of drug-likeness (QED) is 0.118. The second-order valence-electron chi connectivity index (χ2n) is 14.7. The van der Waals surface area contributed by atoms with Gasteiger partial charge in [0.25, 0.3) is 5.91 Å². The van der Waals surface area contributed by atoms with Crippen molar-refractivity contribution >= 4 is 44.8 Å². The van der Waals surface area contributed by atoms with Gasteiger partial charge in [0.15, 0.2) is 5.76 Å². The predicted octanol–water partition coefficient (Wildman–Crippen LogP) is 5.52. The highest BCUT2D eigenvalue weighted by atomic mass is 32.2. The molecular formula is C40H58N6O9S. The summed E-state index contributed by atoms with van der Waals surface area (Å²) in [7, 11) is -2.49. The van der Waals surface area contributed by atoms with Crippen LogP contribution in [-0.4, -0.2) is 97.2 Å². The van der Waals surface area contributed by atoms with Crippen LogP contribution in [0.3, 0.4) is 0 Å². The molecule has 3 amide bonds. The number of aliphatic hydroxyl groups excluding tert-OH is 1. The number of anilines is 3. The van der Waals surface area contributed by atoms with Crippen molar-refractivity contribution in [3.8, 4) is 5.75 Å². The molecule has 1 aliphatic heterocycles. The highest BCUT2D eigenvalue weighted by Crippen LogP contribution is 2.30. The van der Waals surface area contributed by atoms with Gasteiger partial charge in [-0.1, -0.05) is 30.6 Å². The van der Waals surface area contributed by atoms with Crippen LogP contribution >= 0.6 is 0 Å². The standard InChI is InChI=1S/C40H58N6O9S/c1-26-23-46(27(2)25-47)40(50)32-22-31(42-37(48)17-8-7-9-18-38(49)43-34-16-11-10-15-33(34)41)19-20-35(32)54-28(3)14-12-13-21-53-36(26)24-45(6)56(51,52)39-29(4)44-55-30(39)5/h10-11,15-16,19-20,22,26-28,36,47H,7-9,12-14,17-18,21,23-25,41H2,1-6H3,(H,42,48)(H,43,49)/t26-,27-,28+,36+/m0/s1. The summed E-state index contributed by atoms with van der Waals surface area (Å²) in [5, 5.41) is 19.8. The molecule has 0 radical (unpaired) electrons. The van der Waals surface area contributed by atoms with Gasteiger partial charge in [-0.15, -0.1) is 0 Å². The van der Waals surface area contributed by atoms with E-state index in [1.165, 1.54) is 16.3 Å². The fourth-order valence-corrected chi connectivity index (χ4v) is 8.07. The molecule has 1 aromatic heterocycles. The van der Waals surface area contributed by atoms with Gasteiger partial charge in [0.1, 0.15) is 16.3 Å². The lowest BCUT2D eigenvalue weighted by molar-refractivity contribution is -0.116. The first kappa shape index (κ1) is 44.2. The molecule has 0 aliphatic carbocycles. The maximum absolute atomic E-state index is 14.5. The van der Waals surface area contributed by atoms with Gasteiger partial charge in [-0.25, -0.2) is 8.42 Å². The Balaban J connectivity index is 1.47. The van der Waals surface area contributed by atoms with Crippen molar-refractivity contribution in [3.63, 3.8) is 0 Å². The van der Waals surface area contributed by atoms with E-state index >= 15 is 0 Å². The van der Waals surface area contributed by atoms with Gasteiger partial charge in [-0.2, -0.15) is 4.31 Å². The third kappa shape index (κ3) is 12.0. The van der Waals surface area contributed by atoms with Gasteiger partial charge in [0, 0.05) is 51.2 Å². The van der Waals surface area contributed by atoms with E-state index in [-0.39, 0.29) is 71.9 Å². The Labute approximate surface area is 330 Å². The van der Waals surface area contributed by atoms with Gasteiger partial charge in [0.2, 0.25) is 21.8 Å². The molecule has 0 saturated carbocycles. The number of likely N-dealkylation sites (N-methyl/N-ethyl adjacent to an activating group) is 1. The molecule has 3 aromatic rings. The maximum atomic E-state index is 14.5. The molecule has 1 aliphatic rings. The SMILES string of the molecule is Cc1noc(C)c1S(=O)(=O)N(C)C[C@H]1OCCCC[C@@H](C)Oc2ccc(NC(=O)CCCCCC(=O)Nc3ccccc3N)cc2C(=O)N([C@@H](C)CO)C[C@@H]1C. The molecule has 4 atom stereocenters. The third-order valence-electron chi connectivity index (χ3n) is 9.95. The molecular weight excluding hydrogens is 741 g/mol. The number of hydrogen-bond donors (Lipinski definition) is 4. The highest BCUT2D eigenvalue weighted by Gasteiger charge is 2.34. The molecule has 0 spiro atoms. The number of sulfonamides is 1. The Morgan fingerprint density at radius 3 is 2.41 bits per heavy atom. The minimum Gasteiger partial charge on any atom is -0.490 e. The number of benzene rings is 2. The van der Waals surface area contributed by atoms with Crippen molar-refractivity contribution in [2.75, 3.05) is 49.7 Å². The first-order valence-electron chi connectivity index (χ1n) is 19.3. The van der Waals surface area contributed by atoms with E-state index in [9.17, 15) is 27.9 Å². The average Bonchev–Trinajstić information content (AvgIpc) is 3.51. The maximum Gasteiger partial charge on any atom is 0.258 e. The third-order valence-corrected chi connectivity index (χ3v) is 12.0. The van der Waals surface area contributed by atoms with E-state index in [1.54, 1.807) is 63.2 Å². The van der Waals surface area contributed by atoms with Crippen LogP contribution < -0.4 is 21.1 Å². The number of carbonyl (C=O) groups is 3. The van der Waals surface area contributed by atoms with E-state index < -0.39 is 28.1 Å². The molecule has 0 unspecified atom stereocenters. The van der Waals surface area contributed by atoms with Crippen LogP contribution in [0.25, 0.3) is 0 Å². The molecule has 16 heteroatoms. The number of carbonyl (C=O) groups excluding carboxylic acids is 3. The minimum absolute atomic E-state index is 0.00534. The van der Waals surface area contributed by atoms with Crippen LogP contribution in [0.1, 0.15) is 93.9 Å². The van der Waals surface area contributed by atoms with Crippen molar-refractivity contribution in [2.24, 2.45) is 5.92 Å². The van der Waals surface area contributed by atoms with E-state index in [0.29, 0.717) is 67.9 Å². The van der Waals surface area contributed by atoms with Gasteiger partial charge in [-0.05, 0) is 90.1 Å². The van der Waals surface area contributed by atoms with Gasteiger partial charge < -0.3 is 40.4 Å². The Morgan fingerprint density at radius 2 is 1.75 bits per heavy atom. The summed E-state index contributed by atoms with van der Waals surface area (Å²) in [6, 6.07) is 11.4. The van der Waals surface area contributed by atoms with Crippen LogP contribution in [0.5, 0.6) is 5.75 Å². The first-order chi connectivity index (χ1) is 26.6. The molecule has 5 N–H and O–H groups in total. The average molecular weight is 799 g/mol. The monoisotopic (exact) mass is 798 g/mol. The molecule has 2 heterocycles. The second kappa shape index (κ2) is 20.6. The number of amides is 3. The van der Waals surface area contributed by atoms with Gasteiger partial charge in [0.05, 0.1) is 41.8 Å². The Bertz CT molecular complexity index is 1880. The van der Waals surface area contributed by atoms with E-state index in [1.807, 2.05) is 13.8 Å². The Hall–Kier alpha value is -4.51. The number of nitrogens with zero attached hydrogens (tertiary/aromatic N) is 3. The smallest absolute Gasteiger partial charge is 0.258 e. The largest absolute Gasteiger partial charge is 0.490 e. The van der Waals surface area contributed by atoms with Crippen molar-refractivity contribution < 1.29 is 41.9 Å². The fraction of sp³-hybridized carbons (Fsp3) is 0.550. The summed E-state index contributed by atoms with van der Waals surface area (Å²) in [4.78, 5) is 41.4. The zero-order chi connectivity index (χ0) is 41.0. The Kier molecular flexibility index (Phi) is 16.3. The number of hydrogen-bond acceptors (Lipinski definition) is 11. The number of nitrogen functional groups attached to an aromatic ring is 1. The van der Waals surface area contributed by atoms with Crippen LogP contribution in [0.4, 0.5) is 17.1 Å². The number of fused-ring (bicyclic) bond motifs is 1. The van der Waals surface area contributed by atoms with Crippen LogP contribution in [0, 0.1) is 19.8 Å². The van der Waals surface area contributed by atoms with Crippen LogP contribution in [-0.2, 0) is 24.3 Å². The molecule has 56 heavy (non-hydrogen) atoms. The molecule has 0 saturated heterocycles. The van der Waals surface area contributed by atoms with Gasteiger partial charge >= 0.3 is 0 Å². The number of aromatic nitrogens is 1. The molecule has 15 nitrogen and oxygen atoms in total. The molecule has 0 bridgehead atoms. The number of ether oxygens (including phenoxy) is 2. The number of nitrogens with one attached hydrogen (secondary N) is 2. The van der Waals surface area contributed by atoms with Gasteiger partial charge in [-0.3, -0.25) is 14.4 Å². The summed E-state index contributed by atoms with van der Waals surface area (Å²) in [6.45, 7) is 8.86. The van der Waals surface area contributed by atoms with E-state index in [4.69, 9.17) is 19.7 Å². The summed E-state index contributed by atoms with van der Waals surface area (Å²) < 4.78 is 46.2. The number of aliphatic hydroxyl groups is 1. The molecule has 4 rings (SSSR count). The van der Waals surface area contributed by atoms with E-state index in [0.717, 1.165) is 6.42 Å². The van der Waals surface area contributed by atoms with Crippen molar-refractivity contribution in [3.05, 3.63) is 59.5 Å². The summed E-state index contributed by atoms with van der Waals surface area (Å²) in [5.74, 6) is -0.617. The topological polar surface area (TPSA) is 207 Å². The summed E-state index contributed by atoms with van der Waals surface area (Å²) >= 11 is 0. The number of rotatable bonds is 14. The normalized spacial score (nSPS) is 19.1. The van der Waals surface area contributed by atoms with Crippen molar-refractivity contribution in [1.29, 1.82) is 0 Å². The first-order valence-corrected chi connectivity index (χ1v) is 20.7. The lowest BCUT2D eigenvalue weighted by Gasteiger charge is -2.35. The fourth-order valence-electron chi connectivity index (χ4n) is 6.61. The number of nitrogens with two attached hydrogens (primary N) is 1. The lowest BCUT2D eigenvalue weighted by atomic mass is 10.0. The molecule has 2 aromatic carbocycles. The van der Waals surface area contributed by atoms with Crippen molar-refractivity contribution in [1.82, 2.24) is 14.4 Å². The number of unbranched alkanes of at least 4 members (excludes halogenated alkanes) is 2. The molecule has 308 valence electrons. The summed E-state index contributed by atoms with van der Waals surface area (Å²) in [5.41, 5.74) is 7.87. The van der Waals surface area contributed by atoms with Crippen molar-refractivity contribution in [2.45, 2.75) is 109 Å². The molecule has 0 fully saturated rings. The van der Waals surface area contributed by atoms with Crippen LogP contribution in [0.2, 0.25) is 0 Å². The summed E-state index contributed by atoms with van der Waals surface area (Å²) in [6.07, 6.45) is 3.66. The predicted molar refractivity (Wildman–Crippen MR) is 214 cm³/mol. The zero-order valence-electron chi connectivity index (χ0n) is 33.4. The number of para-hydroxylation sites is 2. The van der Waals surface area contributed by atoms with Crippen LogP contribution in [0.15, 0.2) is 51.9 Å². The Morgan fingerprint density at radius 1 is 1.05 bits per heavy atom. The lowest BCUT2D eigenvalue weighted by Crippen LogP contribution is -2.48. The highest BCUT2D eigenvalue weighted by molar-refractivity contribution is 7.89. The van der Waals surface area contributed by atoms with E-state index in [2.05, 4.69) is 15.8 Å². The number of aryl methyl sites for hydroxylation is 2. The second-order valence-corrected chi connectivity index (χ2v) is 16.7. The zero-order valence-corrected chi connectivity index (χ0v) is 34.2. The minimum atomic E-state index is -3.97.